The molecule has 0 saturated carbocycles. The molecule has 3 aromatic carbocycles. The van der Waals surface area contributed by atoms with Crippen molar-refractivity contribution in [3.63, 3.8) is 0 Å². The summed E-state index contributed by atoms with van der Waals surface area (Å²) in [4.78, 5) is 27.6. The molecule has 2 aliphatic rings. The van der Waals surface area contributed by atoms with Crippen LogP contribution in [0.4, 0.5) is 11.4 Å². The molecule has 168 valence electrons. The fourth-order valence-electron chi connectivity index (χ4n) is 4.88. The standard InChI is InChI=1S/C28H28N2O2S/c1-2-25(20-7-4-3-5-8-20)27(32)29-23-14-11-21(12-15-23)28-30(26(31)18-33-28)24-16-13-19-9-6-10-22(19)17-24/h3-5,7-8,11-17,25,28H,2,6,9-10,18H2,1H3,(H,29,32)/t25-,28+/m0/s1. The molecule has 2 amide bonds. The van der Waals surface area contributed by atoms with E-state index in [0.717, 1.165) is 41.8 Å². The Kier molecular flexibility index (Phi) is 6.23. The minimum absolute atomic E-state index is 0.00152. The monoisotopic (exact) mass is 456 g/mol. The minimum atomic E-state index is -0.177. The predicted octanol–water partition coefficient (Wildman–Crippen LogP) is 6.09. The minimum Gasteiger partial charge on any atom is -0.326 e. The molecule has 3 aromatic rings. The van der Waals surface area contributed by atoms with Gasteiger partial charge in [0.1, 0.15) is 5.37 Å². The molecule has 1 N–H and O–H groups in total. The highest BCUT2D eigenvalue weighted by atomic mass is 32.2. The molecule has 0 aromatic heterocycles. The average Bonchev–Trinajstić information content (AvgIpc) is 3.46. The summed E-state index contributed by atoms with van der Waals surface area (Å²) in [5.41, 5.74) is 6.64. The molecule has 5 rings (SSSR count). The maximum Gasteiger partial charge on any atom is 0.238 e. The molecule has 1 heterocycles. The van der Waals surface area contributed by atoms with Crippen molar-refractivity contribution < 1.29 is 9.59 Å². The van der Waals surface area contributed by atoms with Crippen molar-refractivity contribution in [1.82, 2.24) is 0 Å². The number of aryl methyl sites for hydroxylation is 2. The number of amides is 2. The Hall–Kier alpha value is -3.05. The summed E-state index contributed by atoms with van der Waals surface area (Å²) in [6, 6.07) is 24.3. The fraction of sp³-hybridized carbons (Fsp3) is 0.286. The van der Waals surface area contributed by atoms with Crippen molar-refractivity contribution in [2.24, 2.45) is 0 Å². The largest absolute Gasteiger partial charge is 0.326 e. The van der Waals surface area contributed by atoms with Gasteiger partial charge in [0.15, 0.2) is 0 Å². The Morgan fingerprint density at radius 3 is 2.55 bits per heavy atom. The van der Waals surface area contributed by atoms with Gasteiger partial charge in [-0.05, 0) is 72.2 Å². The third kappa shape index (κ3) is 4.42. The molecule has 5 heteroatoms. The normalized spacial score (nSPS) is 18.3. The molecule has 0 spiro atoms. The Bertz CT molecular complexity index is 1160. The van der Waals surface area contributed by atoms with Gasteiger partial charge in [0, 0.05) is 11.4 Å². The zero-order valence-corrected chi connectivity index (χ0v) is 19.6. The van der Waals surface area contributed by atoms with Gasteiger partial charge >= 0.3 is 0 Å². The topological polar surface area (TPSA) is 49.4 Å². The third-order valence-electron chi connectivity index (χ3n) is 6.62. The Balaban J connectivity index is 1.32. The van der Waals surface area contributed by atoms with Crippen LogP contribution >= 0.6 is 11.8 Å². The van der Waals surface area contributed by atoms with E-state index in [1.807, 2.05) is 66.4 Å². The lowest BCUT2D eigenvalue weighted by Crippen LogP contribution is -2.28. The summed E-state index contributed by atoms with van der Waals surface area (Å²) < 4.78 is 0. The molecular formula is C28H28N2O2S. The zero-order chi connectivity index (χ0) is 22.8. The fourth-order valence-corrected chi connectivity index (χ4v) is 6.05. The van der Waals surface area contributed by atoms with Gasteiger partial charge in [0.25, 0.3) is 0 Å². The van der Waals surface area contributed by atoms with Crippen molar-refractivity contribution in [2.75, 3.05) is 16.0 Å². The highest BCUT2D eigenvalue weighted by molar-refractivity contribution is 8.00. The van der Waals surface area contributed by atoms with Gasteiger partial charge in [0.05, 0.1) is 11.7 Å². The number of nitrogens with one attached hydrogen (secondary N) is 1. The van der Waals surface area contributed by atoms with Crippen LogP contribution < -0.4 is 10.2 Å². The lowest BCUT2D eigenvalue weighted by Gasteiger charge is -2.25. The molecule has 1 saturated heterocycles. The van der Waals surface area contributed by atoms with E-state index in [1.165, 1.54) is 17.5 Å². The van der Waals surface area contributed by atoms with Gasteiger partial charge in [-0.3, -0.25) is 14.5 Å². The van der Waals surface area contributed by atoms with Crippen LogP contribution in [0.2, 0.25) is 0 Å². The van der Waals surface area contributed by atoms with Gasteiger partial charge < -0.3 is 5.32 Å². The molecule has 0 unspecified atom stereocenters. The molecule has 1 aliphatic carbocycles. The number of nitrogens with zero attached hydrogens (tertiary/aromatic N) is 1. The summed E-state index contributed by atoms with van der Waals surface area (Å²) in [5, 5.41) is 3.02. The quantitative estimate of drug-likeness (QED) is 0.489. The summed E-state index contributed by atoms with van der Waals surface area (Å²) in [7, 11) is 0. The summed E-state index contributed by atoms with van der Waals surface area (Å²) >= 11 is 1.65. The Labute approximate surface area is 199 Å². The zero-order valence-electron chi connectivity index (χ0n) is 18.8. The van der Waals surface area contributed by atoms with Crippen LogP contribution in [-0.4, -0.2) is 17.6 Å². The molecule has 4 nitrogen and oxygen atoms in total. The van der Waals surface area contributed by atoms with E-state index in [4.69, 9.17) is 0 Å². The lowest BCUT2D eigenvalue weighted by atomic mass is 9.95. The molecule has 1 aliphatic heterocycles. The molecule has 33 heavy (non-hydrogen) atoms. The summed E-state index contributed by atoms with van der Waals surface area (Å²) in [6.07, 6.45) is 4.17. The second-order valence-corrected chi connectivity index (χ2v) is 9.78. The first-order chi connectivity index (χ1) is 16.1. The maximum atomic E-state index is 12.9. The molecule has 2 atom stereocenters. The van der Waals surface area contributed by atoms with Crippen LogP contribution in [0.5, 0.6) is 0 Å². The number of benzene rings is 3. The van der Waals surface area contributed by atoms with E-state index in [0.29, 0.717) is 5.75 Å². The van der Waals surface area contributed by atoms with Crippen molar-refractivity contribution in [1.29, 1.82) is 0 Å². The van der Waals surface area contributed by atoms with Gasteiger partial charge in [0.2, 0.25) is 11.8 Å². The molecular weight excluding hydrogens is 428 g/mol. The van der Waals surface area contributed by atoms with Gasteiger partial charge in [-0.25, -0.2) is 0 Å². The molecule has 1 fully saturated rings. The number of carbonyl (C=O) groups is 2. The second kappa shape index (κ2) is 9.44. The van der Waals surface area contributed by atoms with Crippen LogP contribution in [0.25, 0.3) is 0 Å². The summed E-state index contributed by atoms with van der Waals surface area (Å²) in [5.74, 6) is 0.454. The van der Waals surface area contributed by atoms with Gasteiger partial charge in [-0.1, -0.05) is 55.5 Å². The Morgan fingerprint density at radius 2 is 1.79 bits per heavy atom. The first kappa shape index (κ1) is 21.8. The van der Waals surface area contributed by atoms with Crippen LogP contribution in [0.15, 0.2) is 72.8 Å². The number of carbonyl (C=O) groups excluding carboxylic acids is 2. The number of thioether (sulfide) groups is 1. The number of hydrogen-bond acceptors (Lipinski definition) is 3. The van der Waals surface area contributed by atoms with Gasteiger partial charge in [-0.15, -0.1) is 11.8 Å². The average molecular weight is 457 g/mol. The maximum absolute atomic E-state index is 12.9. The summed E-state index contributed by atoms with van der Waals surface area (Å²) in [6.45, 7) is 2.03. The van der Waals surface area contributed by atoms with Crippen LogP contribution in [0, 0.1) is 0 Å². The lowest BCUT2D eigenvalue weighted by molar-refractivity contribution is -0.118. The highest BCUT2D eigenvalue weighted by Gasteiger charge is 2.34. The second-order valence-electron chi connectivity index (χ2n) is 8.72. The number of anilines is 2. The van der Waals surface area contributed by atoms with E-state index in [9.17, 15) is 9.59 Å². The predicted molar refractivity (Wildman–Crippen MR) is 136 cm³/mol. The van der Waals surface area contributed by atoms with E-state index in [2.05, 4.69) is 23.5 Å². The number of hydrogen-bond donors (Lipinski definition) is 1. The molecule has 0 radical (unpaired) electrons. The van der Waals surface area contributed by atoms with E-state index >= 15 is 0 Å². The van der Waals surface area contributed by atoms with Crippen molar-refractivity contribution in [2.45, 2.75) is 43.9 Å². The first-order valence-electron chi connectivity index (χ1n) is 11.7. The van der Waals surface area contributed by atoms with E-state index in [1.54, 1.807) is 11.8 Å². The number of rotatable bonds is 6. The van der Waals surface area contributed by atoms with Crippen molar-refractivity contribution in [3.05, 3.63) is 95.1 Å². The SMILES string of the molecule is CC[C@H](C(=O)Nc1ccc([C@H]2SCC(=O)N2c2ccc3c(c2)CCC3)cc1)c1ccccc1. The highest BCUT2D eigenvalue weighted by Crippen LogP contribution is 2.43. The molecule has 0 bridgehead atoms. The van der Waals surface area contributed by atoms with Crippen molar-refractivity contribution >= 4 is 35.0 Å². The van der Waals surface area contributed by atoms with Crippen LogP contribution in [0.1, 0.15) is 53.3 Å². The first-order valence-corrected chi connectivity index (χ1v) is 12.7. The van der Waals surface area contributed by atoms with Crippen LogP contribution in [-0.2, 0) is 22.4 Å². The smallest absolute Gasteiger partial charge is 0.238 e. The third-order valence-corrected chi connectivity index (χ3v) is 7.83. The van der Waals surface area contributed by atoms with E-state index in [-0.39, 0.29) is 23.1 Å². The Morgan fingerprint density at radius 1 is 1.03 bits per heavy atom. The van der Waals surface area contributed by atoms with Crippen molar-refractivity contribution in [3.8, 4) is 0 Å². The number of fused-ring (bicyclic) bond motifs is 1. The van der Waals surface area contributed by atoms with Gasteiger partial charge in [-0.2, -0.15) is 0 Å². The van der Waals surface area contributed by atoms with E-state index < -0.39 is 0 Å². The van der Waals surface area contributed by atoms with Crippen LogP contribution in [0.3, 0.4) is 0 Å².